The fraction of sp³-hybridized carbons (Fsp3) is 0.600. The second kappa shape index (κ2) is 8.59. The monoisotopic (exact) mass is 296 g/mol. The van der Waals surface area contributed by atoms with E-state index in [0.29, 0.717) is 18.8 Å². The summed E-state index contributed by atoms with van der Waals surface area (Å²) < 4.78 is 5.06. The second-order valence-corrected chi connectivity index (χ2v) is 5.07. The summed E-state index contributed by atoms with van der Waals surface area (Å²) in [6.45, 7) is 5.04. The Morgan fingerprint density at radius 3 is 2.52 bits per heavy atom. The van der Waals surface area contributed by atoms with Gasteiger partial charge in [0.15, 0.2) is 0 Å². The van der Waals surface area contributed by atoms with Gasteiger partial charge in [0.2, 0.25) is 0 Å². The number of nitrogens with one attached hydrogen (secondary N) is 1. The fourth-order valence-corrected chi connectivity index (χ4v) is 2.33. The number of benzene rings is 1. The Hall–Kier alpha value is -1.66. The quantitative estimate of drug-likeness (QED) is 0.540. The van der Waals surface area contributed by atoms with Gasteiger partial charge in [0, 0.05) is 19.2 Å². The number of hydrogen-bond donors (Lipinski definition) is 2. The summed E-state index contributed by atoms with van der Waals surface area (Å²) in [6, 6.07) is 4.66. The Kier molecular flexibility index (Phi) is 7.11. The molecule has 1 rings (SSSR count). The highest BCUT2D eigenvalue weighted by molar-refractivity contribution is 5.42. The lowest BCUT2D eigenvalue weighted by Gasteiger charge is -2.20. The van der Waals surface area contributed by atoms with E-state index in [1.807, 2.05) is 0 Å². The van der Waals surface area contributed by atoms with E-state index >= 15 is 0 Å². The number of aliphatic hydroxyl groups excluding tert-OH is 1. The summed E-state index contributed by atoms with van der Waals surface area (Å²) >= 11 is 0. The first-order valence-electron chi connectivity index (χ1n) is 7.22. The zero-order valence-electron chi connectivity index (χ0n) is 12.8. The normalized spacial score (nSPS) is 12.4. The van der Waals surface area contributed by atoms with E-state index in [-0.39, 0.29) is 11.6 Å². The van der Waals surface area contributed by atoms with Crippen molar-refractivity contribution in [2.24, 2.45) is 5.92 Å². The van der Waals surface area contributed by atoms with Crippen LogP contribution in [0.5, 0.6) is 5.75 Å². The van der Waals surface area contributed by atoms with E-state index in [1.165, 1.54) is 19.2 Å². The number of nitro benzene ring substituents is 1. The minimum absolute atomic E-state index is 0.00620. The molecule has 1 atom stereocenters. The van der Waals surface area contributed by atoms with Gasteiger partial charge in [0.25, 0.3) is 5.69 Å². The molecular weight excluding hydrogens is 272 g/mol. The summed E-state index contributed by atoms with van der Waals surface area (Å²) in [4.78, 5) is 10.4. The average molecular weight is 296 g/mol. The zero-order chi connectivity index (χ0) is 15.8. The maximum Gasteiger partial charge on any atom is 0.273 e. The van der Waals surface area contributed by atoms with Crippen molar-refractivity contribution in [1.29, 1.82) is 0 Å². The molecule has 0 aliphatic rings. The smallest absolute Gasteiger partial charge is 0.273 e. The average Bonchev–Trinajstić information content (AvgIpc) is 2.48. The van der Waals surface area contributed by atoms with Crippen molar-refractivity contribution in [3.05, 3.63) is 33.9 Å². The SMILES string of the molecule is CCC(CC)C(O)CNCc1cc(OC)cc([N+](=O)[O-])c1. The van der Waals surface area contributed by atoms with Crippen LogP contribution in [0, 0.1) is 16.0 Å². The van der Waals surface area contributed by atoms with Crippen LogP contribution in [-0.4, -0.2) is 29.8 Å². The molecule has 0 aromatic heterocycles. The molecule has 0 radical (unpaired) electrons. The van der Waals surface area contributed by atoms with Gasteiger partial charge in [0.05, 0.1) is 24.2 Å². The first kappa shape index (κ1) is 17.4. The number of non-ortho nitro benzene ring substituents is 1. The molecule has 0 saturated heterocycles. The lowest BCUT2D eigenvalue weighted by molar-refractivity contribution is -0.385. The van der Waals surface area contributed by atoms with Gasteiger partial charge in [-0.3, -0.25) is 10.1 Å². The molecular formula is C15H24N2O4. The van der Waals surface area contributed by atoms with Gasteiger partial charge in [-0.15, -0.1) is 0 Å². The lowest BCUT2D eigenvalue weighted by Crippen LogP contribution is -2.32. The zero-order valence-corrected chi connectivity index (χ0v) is 12.8. The minimum Gasteiger partial charge on any atom is -0.496 e. The number of ether oxygens (including phenoxy) is 1. The largest absolute Gasteiger partial charge is 0.496 e. The van der Waals surface area contributed by atoms with Crippen molar-refractivity contribution in [3.8, 4) is 5.75 Å². The van der Waals surface area contributed by atoms with Crippen LogP contribution in [0.4, 0.5) is 5.69 Å². The topological polar surface area (TPSA) is 84.6 Å². The molecule has 1 unspecified atom stereocenters. The van der Waals surface area contributed by atoms with E-state index in [1.54, 1.807) is 6.07 Å². The molecule has 1 aromatic rings. The fourth-order valence-electron chi connectivity index (χ4n) is 2.33. The number of methoxy groups -OCH3 is 1. The number of nitro groups is 1. The van der Waals surface area contributed by atoms with Crippen LogP contribution in [0.3, 0.4) is 0 Å². The van der Waals surface area contributed by atoms with Gasteiger partial charge >= 0.3 is 0 Å². The van der Waals surface area contributed by atoms with E-state index in [2.05, 4.69) is 19.2 Å². The van der Waals surface area contributed by atoms with E-state index in [9.17, 15) is 15.2 Å². The van der Waals surface area contributed by atoms with E-state index < -0.39 is 11.0 Å². The Labute approximate surface area is 125 Å². The van der Waals surface area contributed by atoms with Gasteiger partial charge in [-0.25, -0.2) is 0 Å². The van der Waals surface area contributed by atoms with Gasteiger partial charge < -0.3 is 15.2 Å². The highest BCUT2D eigenvalue weighted by atomic mass is 16.6. The molecule has 0 aliphatic heterocycles. The first-order valence-corrected chi connectivity index (χ1v) is 7.22. The van der Waals surface area contributed by atoms with Crippen molar-refractivity contribution in [1.82, 2.24) is 5.32 Å². The maximum absolute atomic E-state index is 10.9. The summed E-state index contributed by atoms with van der Waals surface area (Å²) in [5, 5.41) is 24.0. The Balaban J connectivity index is 2.62. The summed E-state index contributed by atoms with van der Waals surface area (Å²) in [7, 11) is 1.48. The van der Waals surface area contributed by atoms with Crippen LogP contribution in [0.2, 0.25) is 0 Å². The molecule has 0 spiro atoms. The van der Waals surface area contributed by atoms with Crippen molar-refractivity contribution in [2.45, 2.75) is 39.3 Å². The van der Waals surface area contributed by atoms with Crippen LogP contribution in [0.1, 0.15) is 32.3 Å². The highest BCUT2D eigenvalue weighted by Crippen LogP contribution is 2.22. The van der Waals surface area contributed by atoms with Crippen LogP contribution < -0.4 is 10.1 Å². The van der Waals surface area contributed by atoms with Crippen molar-refractivity contribution in [3.63, 3.8) is 0 Å². The van der Waals surface area contributed by atoms with E-state index in [0.717, 1.165) is 18.4 Å². The number of rotatable bonds is 9. The molecule has 6 nitrogen and oxygen atoms in total. The number of aliphatic hydroxyl groups is 1. The van der Waals surface area contributed by atoms with Crippen LogP contribution in [0.15, 0.2) is 18.2 Å². The third-order valence-electron chi connectivity index (χ3n) is 3.67. The molecule has 0 aliphatic carbocycles. The van der Waals surface area contributed by atoms with Crippen molar-refractivity contribution in [2.75, 3.05) is 13.7 Å². The second-order valence-electron chi connectivity index (χ2n) is 5.07. The number of nitrogens with zero attached hydrogens (tertiary/aromatic N) is 1. The third kappa shape index (κ3) is 5.32. The van der Waals surface area contributed by atoms with Gasteiger partial charge in [-0.1, -0.05) is 26.7 Å². The van der Waals surface area contributed by atoms with Crippen molar-refractivity contribution >= 4 is 5.69 Å². The highest BCUT2D eigenvalue weighted by Gasteiger charge is 2.15. The predicted molar refractivity (Wildman–Crippen MR) is 81.4 cm³/mol. The molecule has 0 fully saturated rings. The van der Waals surface area contributed by atoms with Crippen LogP contribution in [0.25, 0.3) is 0 Å². The van der Waals surface area contributed by atoms with Crippen LogP contribution in [-0.2, 0) is 6.54 Å². The molecule has 1 aromatic carbocycles. The first-order chi connectivity index (χ1) is 10.0. The standard InChI is InChI=1S/C15H24N2O4/c1-4-12(5-2)15(18)10-16-9-11-6-13(17(19)20)8-14(7-11)21-3/h6-8,12,15-16,18H,4-5,9-10H2,1-3H3. The lowest BCUT2D eigenvalue weighted by atomic mass is 9.96. The molecule has 21 heavy (non-hydrogen) atoms. The molecule has 6 heteroatoms. The van der Waals surface area contributed by atoms with Gasteiger partial charge in [-0.05, 0) is 17.5 Å². The molecule has 0 saturated carbocycles. The summed E-state index contributed by atoms with van der Waals surface area (Å²) in [5.41, 5.74) is 0.768. The minimum atomic E-state index is -0.439. The van der Waals surface area contributed by atoms with Crippen molar-refractivity contribution < 1.29 is 14.8 Å². The molecule has 2 N–H and O–H groups in total. The van der Waals surface area contributed by atoms with E-state index in [4.69, 9.17) is 4.74 Å². The Bertz CT molecular complexity index is 461. The summed E-state index contributed by atoms with van der Waals surface area (Å²) in [6.07, 6.45) is 1.47. The molecule has 0 bridgehead atoms. The van der Waals surface area contributed by atoms with Gasteiger partial charge in [0.1, 0.15) is 5.75 Å². The summed E-state index contributed by atoms with van der Waals surface area (Å²) in [5.74, 6) is 0.735. The third-order valence-corrected chi connectivity index (χ3v) is 3.67. The maximum atomic E-state index is 10.9. The Morgan fingerprint density at radius 2 is 2.00 bits per heavy atom. The predicted octanol–water partition coefficient (Wildman–Crippen LogP) is 2.49. The number of hydrogen-bond acceptors (Lipinski definition) is 5. The molecule has 0 heterocycles. The molecule has 118 valence electrons. The van der Waals surface area contributed by atoms with Crippen LogP contribution >= 0.6 is 0 Å². The Morgan fingerprint density at radius 1 is 1.33 bits per heavy atom. The van der Waals surface area contributed by atoms with Gasteiger partial charge in [-0.2, -0.15) is 0 Å². The molecule has 0 amide bonds.